The van der Waals surface area contributed by atoms with E-state index in [9.17, 15) is 9.18 Å². The van der Waals surface area contributed by atoms with Gasteiger partial charge in [0.15, 0.2) is 0 Å². The molecule has 0 bridgehead atoms. The van der Waals surface area contributed by atoms with Gasteiger partial charge in [-0.05, 0) is 36.8 Å². The number of allylic oxidation sites excluding steroid dienone is 2. The smallest absolute Gasteiger partial charge is 0.274 e. The van der Waals surface area contributed by atoms with Crippen molar-refractivity contribution in [3.05, 3.63) is 77.8 Å². The first kappa shape index (κ1) is 20.5. The summed E-state index contributed by atoms with van der Waals surface area (Å²) in [4.78, 5) is 21.4. The molecule has 1 N–H and O–H groups in total. The zero-order valence-corrected chi connectivity index (χ0v) is 17.5. The number of halogens is 1. The van der Waals surface area contributed by atoms with Gasteiger partial charge in [0.25, 0.3) is 5.91 Å². The summed E-state index contributed by atoms with van der Waals surface area (Å²) >= 11 is 0. The summed E-state index contributed by atoms with van der Waals surface area (Å²) in [5.74, 6) is 0.177. The second-order valence-electron chi connectivity index (χ2n) is 6.94. The monoisotopic (exact) mass is 419 g/mol. The highest BCUT2D eigenvalue weighted by molar-refractivity contribution is 6.04. The summed E-state index contributed by atoms with van der Waals surface area (Å²) in [6.45, 7) is 5.90. The van der Waals surface area contributed by atoms with Gasteiger partial charge >= 0.3 is 0 Å². The molecule has 0 saturated heterocycles. The van der Waals surface area contributed by atoms with Crippen molar-refractivity contribution >= 4 is 17.2 Å². The van der Waals surface area contributed by atoms with Gasteiger partial charge in [-0.2, -0.15) is 4.98 Å². The fourth-order valence-corrected chi connectivity index (χ4v) is 3.24. The molecule has 8 heteroatoms. The number of hydrogen-bond donors (Lipinski definition) is 1. The van der Waals surface area contributed by atoms with Crippen LogP contribution in [-0.4, -0.2) is 25.4 Å². The quantitative estimate of drug-likeness (QED) is 0.484. The Labute approximate surface area is 178 Å². The molecule has 158 valence electrons. The molecule has 5 rings (SSSR count). The number of anilines is 1. The lowest BCUT2D eigenvalue weighted by atomic mass is 9.94. The van der Waals surface area contributed by atoms with Crippen LogP contribution in [0.5, 0.6) is 0 Å². The third kappa shape index (κ3) is 3.96. The van der Waals surface area contributed by atoms with Gasteiger partial charge in [-0.15, -0.1) is 0 Å². The topological polar surface area (TPSA) is 85.3 Å². The summed E-state index contributed by atoms with van der Waals surface area (Å²) in [6, 6.07) is 11.1. The van der Waals surface area contributed by atoms with Gasteiger partial charge in [-0.1, -0.05) is 37.2 Å². The van der Waals surface area contributed by atoms with E-state index in [1.165, 1.54) is 6.08 Å². The van der Waals surface area contributed by atoms with Crippen LogP contribution in [0.4, 0.5) is 10.1 Å². The number of imidazole rings is 1. The second-order valence-corrected chi connectivity index (χ2v) is 6.94. The Balaban J connectivity index is 0.00000112. The number of nitrogens with one attached hydrogen (secondary N) is 1. The van der Waals surface area contributed by atoms with Crippen LogP contribution in [0, 0.1) is 6.92 Å². The van der Waals surface area contributed by atoms with Gasteiger partial charge in [0.1, 0.15) is 11.3 Å². The van der Waals surface area contributed by atoms with Crippen molar-refractivity contribution < 1.29 is 13.7 Å². The predicted molar refractivity (Wildman–Crippen MR) is 116 cm³/mol. The highest BCUT2D eigenvalue weighted by Gasteiger charge is 2.26. The van der Waals surface area contributed by atoms with Crippen LogP contribution in [-0.2, 0) is 0 Å². The number of nitrogens with zero attached hydrogens (tertiary/aromatic N) is 4. The molecular formula is C23H22FN5O2. The fraction of sp³-hybridized carbons (Fsp3) is 0.217. The van der Waals surface area contributed by atoms with E-state index in [1.807, 2.05) is 51.1 Å². The van der Waals surface area contributed by atoms with E-state index in [-0.39, 0.29) is 24.1 Å². The normalized spacial score (nSPS) is 15.0. The Hall–Kier alpha value is -3.81. The maximum absolute atomic E-state index is 12.9. The Morgan fingerprint density at radius 1 is 1.26 bits per heavy atom. The Kier molecular flexibility index (Phi) is 5.62. The van der Waals surface area contributed by atoms with Crippen LogP contribution in [0.25, 0.3) is 17.0 Å². The van der Waals surface area contributed by atoms with Crippen LogP contribution < -0.4 is 5.32 Å². The zero-order chi connectivity index (χ0) is 22.0. The van der Waals surface area contributed by atoms with E-state index in [4.69, 9.17) is 4.52 Å². The third-order valence-electron chi connectivity index (χ3n) is 4.95. The van der Waals surface area contributed by atoms with E-state index < -0.39 is 0 Å². The van der Waals surface area contributed by atoms with Crippen molar-refractivity contribution in [3.63, 3.8) is 0 Å². The summed E-state index contributed by atoms with van der Waals surface area (Å²) < 4.78 is 19.9. The SMILES string of the molecule is CC.Cc1ccc(-c2noc([C@H]3C=C(F)C3)n2)cc1NC(=O)c1cnc2ccccn12. The van der Waals surface area contributed by atoms with Crippen molar-refractivity contribution in [1.29, 1.82) is 0 Å². The van der Waals surface area contributed by atoms with Gasteiger partial charge in [0.05, 0.1) is 17.9 Å². The Bertz CT molecular complexity index is 1270. The molecule has 0 unspecified atom stereocenters. The maximum atomic E-state index is 12.9. The first-order valence-electron chi connectivity index (χ1n) is 10.1. The molecule has 1 aliphatic carbocycles. The lowest BCUT2D eigenvalue weighted by Crippen LogP contribution is -2.15. The molecule has 3 aromatic heterocycles. The standard InChI is InChI=1S/C21H16FN5O2.C2H6/c1-12-5-6-13(19-25-21(29-26-19)14-8-15(22)9-14)10-16(12)24-20(28)17-11-23-18-4-2-3-7-27(17)18;1-2/h2-8,10-11,14H,9H2,1H3,(H,24,28);1-2H3/t14-;/m0./s1. The van der Waals surface area contributed by atoms with Crippen molar-refractivity contribution in [3.8, 4) is 11.4 Å². The minimum absolute atomic E-state index is 0.164. The van der Waals surface area contributed by atoms with Crippen molar-refractivity contribution in [2.45, 2.75) is 33.1 Å². The molecule has 1 atom stereocenters. The summed E-state index contributed by atoms with van der Waals surface area (Å²) in [6.07, 6.45) is 5.09. The van der Waals surface area contributed by atoms with Crippen molar-refractivity contribution in [2.75, 3.05) is 5.32 Å². The molecule has 0 fully saturated rings. The lowest BCUT2D eigenvalue weighted by Gasteiger charge is -2.14. The van der Waals surface area contributed by atoms with E-state index in [0.29, 0.717) is 34.3 Å². The van der Waals surface area contributed by atoms with Gasteiger partial charge in [-0.25, -0.2) is 9.37 Å². The highest BCUT2D eigenvalue weighted by Crippen LogP contribution is 2.35. The van der Waals surface area contributed by atoms with Crippen LogP contribution in [0.3, 0.4) is 0 Å². The number of rotatable bonds is 4. The molecule has 0 aliphatic heterocycles. The molecule has 1 aromatic carbocycles. The van der Waals surface area contributed by atoms with Gasteiger partial charge in [-0.3, -0.25) is 9.20 Å². The fourth-order valence-electron chi connectivity index (χ4n) is 3.24. The minimum atomic E-state index is -0.271. The van der Waals surface area contributed by atoms with Crippen molar-refractivity contribution in [2.24, 2.45) is 0 Å². The Morgan fingerprint density at radius 2 is 2.06 bits per heavy atom. The summed E-state index contributed by atoms with van der Waals surface area (Å²) in [5, 5.41) is 6.92. The van der Waals surface area contributed by atoms with Crippen LogP contribution in [0.1, 0.15) is 48.1 Å². The average Bonchev–Trinajstić information content (AvgIpc) is 3.42. The van der Waals surface area contributed by atoms with Gasteiger partial charge in [0, 0.05) is 23.9 Å². The first-order chi connectivity index (χ1) is 15.1. The molecule has 31 heavy (non-hydrogen) atoms. The van der Waals surface area contributed by atoms with E-state index in [0.717, 1.165) is 5.56 Å². The lowest BCUT2D eigenvalue weighted by molar-refractivity contribution is 0.102. The molecule has 0 saturated carbocycles. The number of aryl methyl sites for hydroxylation is 1. The molecule has 1 amide bonds. The van der Waals surface area contributed by atoms with E-state index >= 15 is 0 Å². The maximum Gasteiger partial charge on any atom is 0.274 e. The number of carbonyl (C=O) groups is 1. The number of aromatic nitrogens is 4. The zero-order valence-electron chi connectivity index (χ0n) is 17.5. The van der Waals surface area contributed by atoms with Crippen molar-refractivity contribution in [1.82, 2.24) is 19.5 Å². The van der Waals surface area contributed by atoms with E-state index in [1.54, 1.807) is 22.9 Å². The molecule has 7 nitrogen and oxygen atoms in total. The number of carbonyl (C=O) groups excluding carboxylic acids is 1. The molecule has 0 radical (unpaired) electrons. The van der Waals surface area contributed by atoms with Gasteiger partial charge in [0.2, 0.25) is 11.7 Å². The first-order valence-corrected chi connectivity index (χ1v) is 10.1. The third-order valence-corrected chi connectivity index (χ3v) is 4.95. The predicted octanol–water partition coefficient (Wildman–Crippen LogP) is 5.31. The Morgan fingerprint density at radius 3 is 2.84 bits per heavy atom. The number of benzene rings is 1. The van der Waals surface area contributed by atoms with Gasteiger partial charge < -0.3 is 9.84 Å². The number of hydrogen-bond acceptors (Lipinski definition) is 5. The molecular weight excluding hydrogens is 397 g/mol. The van der Waals surface area contributed by atoms with Crippen LogP contribution >= 0.6 is 0 Å². The molecule has 3 heterocycles. The number of amides is 1. The highest BCUT2D eigenvalue weighted by atomic mass is 19.1. The minimum Gasteiger partial charge on any atom is -0.338 e. The number of pyridine rings is 1. The molecule has 1 aliphatic rings. The average molecular weight is 419 g/mol. The summed E-state index contributed by atoms with van der Waals surface area (Å²) in [7, 11) is 0. The second kappa shape index (κ2) is 8.51. The van der Waals surface area contributed by atoms with Crippen LogP contribution in [0.15, 0.2) is 65.2 Å². The van der Waals surface area contributed by atoms with E-state index in [2.05, 4.69) is 20.4 Å². The molecule has 4 aromatic rings. The summed E-state index contributed by atoms with van der Waals surface area (Å²) in [5.41, 5.74) is 3.36. The number of fused-ring (bicyclic) bond motifs is 1. The largest absolute Gasteiger partial charge is 0.338 e. The van der Waals surface area contributed by atoms with Crippen LogP contribution in [0.2, 0.25) is 0 Å². The molecule has 0 spiro atoms.